The second-order valence-corrected chi connectivity index (χ2v) is 7.74. The van der Waals surface area contributed by atoms with Gasteiger partial charge in [0.05, 0.1) is 20.1 Å². The van der Waals surface area contributed by atoms with Gasteiger partial charge in [-0.2, -0.15) is 4.98 Å². The Morgan fingerprint density at radius 2 is 1.94 bits per heavy atom. The zero-order chi connectivity index (χ0) is 23.3. The molecule has 0 bridgehead atoms. The highest BCUT2D eigenvalue weighted by molar-refractivity contribution is 7.98. The average molecular weight is 459 g/mol. The lowest BCUT2D eigenvalue weighted by Gasteiger charge is -2.13. The molecule has 0 radical (unpaired) electrons. The van der Waals surface area contributed by atoms with Gasteiger partial charge in [0.15, 0.2) is 11.5 Å². The highest BCUT2D eigenvalue weighted by Crippen LogP contribution is 2.28. The third kappa shape index (κ3) is 5.10. The van der Waals surface area contributed by atoms with Gasteiger partial charge in [-0.05, 0) is 44.7 Å². The molecule has 0 saturated carbocycles. The van der Waals surface area contributed by atoms with E-state index in [0.717, 1.165) is 17.7 Å². The number of ether oxygens (including phenoxy) is 2. The summed E-state index contributed by atoms with van der Waals surface area (Å²) < 4.78 is 12.5. The molecule has 0 unspecified atom stereocenters. The maximum absolute atomic E-state index is 12.5. The lowest BCUT2D eigenvalue weighted by Crippen LogP contribution is -2.42. The van der Waals surface area contributed by atoms with Crippen molar-refractivity contribution in [2.45, 2.75) is 38.8 Å². The first-order valence-electron chi connectivity index (χ1n) is 10.0. The van der Waals surface area contributed by atoms with Crippen LogP contribution in [0.1, 0.15) is 40.7 Å². The van der Waals surface area contributed by atoms with Crippen LogP contribution in [0.3, 0.4) is 0 Å². The van der Waals surface area contributed by atoms with Crippen molar-refractivity contribution >= 4 is 29.4 Å². The fourth-order valence-corrected chi connectivity index (χ4v) is 3.41. The molecule has 0 aliphatic carbocycles. The van der Waals surface area contributed by atoms with Crippen LogP contribution in [0.2, 0.25) is 0 Å². The molecule has 2 aromatic heterocycles. The van der Waals surface area contributed by atoms with Gasteiger partial charge in [-0.3, -0.25) is 20.4 Å². The third-order valence-electron chi connectivity index (χ3n) is 4.75. The first-order chi connectivity index (χ1) is 15.4. The Bertz CT molecular complexity index is 1150. The second kappa shape index (κ2) is 10.3. The topological polar surface area (TPSA) is 120 Å². The Hall–Kier alpha value is -3.34. The van der Waals surface area contributed by atoms with Gasteiger partial charge in [0.2, 0.25) is 11.1 Å². The number of thioether (sulfide) groups is 1. The van der Waals surface area contributed by atoms with Crippen molar-refractivity contribution < 1.29 is 19.1 Å². The summed E-state index contributed by atoms with van der Waals surface area (Å²) in [7, 11) is 1.50. The Labute approximate surface area is 190 Å². The standard InChI is InChI=1S/C21H26N6O4S/c1-6-9-31-16-8-7-14(10-17(16)30-4)19(29)25-24-18(28)11-15-12(2)22-20-23-21(32-5)26-27(20)13(15)3/h7-8,10H,6,9,11H2,1-5H3,(H,24,28)(H,25,29). The SMILES string of the molecule is CCCOc1ccc(C(=O)NNC(=O)Cc2c(C)nc3nc(SC)nn3c2C)cc1OC. The zero-order valence-electron chi connectivity index (χ0n) is 18.7. The number of nitrogens with one attached hydrogen (secondary N) is 2. The van der Waals surface area contributed by atoms with Gasteiger partial charge in [-0.15, -0.1) is 5.10 Å². The summed E-state index contributed by atoms with van der Waals surface area (Å²) in [6, 6.07) is 4.83. The van der Waals surface area contributed by atoms with E-state index >= 15 is 0 Å². The molecule has 32 heavy (non-hydrogen) atoms. The summed E-state index contributed by atoms with van der Waals surface area (Å²) in [6.07, 6.45) is 2.77. The van der Waals surface area contributed by atoms with E-state index in [0.29, 0.717) is 40.3 Å². The number of amides is 2. The van der Waals surface area contributed by atoms with Crippen LogP contribution in [0.4, 0.5) is 0 Å². The monoisotopic (exact) mass is 458 g/mol. The number of hydrazine groups is 1. The number of carbonyl (C=O) groups excluding carboxylic acids is 2. The fourth-order valence-electron chi connectivity index (χ4n) is 3.08. The molecule has 2 amide bonds. The summed E-state index contributed by atoms with van der Waals surface area (Å²) in [5, 5.41) is 4.98. The normalized spacial score (nSPS) is 10.8. The van der Waals surface area contributed by atoms with Gasteiger partial charge >= 0.3 is 0 Å². The van der Waals surface area contributed by atoms with Gasteiger partial charge in [0.25, 0.3) is 11.7 Å². The molecule has 10 nitrogen and oxygen atoms in total. The van der Waals surface area contributed by atoms with Crippen LogP contribution >= 0.6 is 11.8 Å². The number of aryl methyl sites for hydroxylation is 2. The molecule has 3 aromatic rings. The summed E-state index contributed by atoms with van der Waals surface area (Å²) in [5.74, 6) is 0.636. The zero-order valence-corrected chi connectivity index (χ0v) is 19.5. The predicted molar refractivity (Wildman–Crippen MR) is 120 cm³/mol. The summed E-state index contributed by atoms with van der Waals surface area (Å²) in [4.78, 5) is 33.7. The third-order valence-corrected chi connectivity index (χ3v) is 5.29. The van der Waals surface area contributed by atoms with Crippen LogP contribution in [-0.2, 0) is 11.2 Å². The van der Waals surface area contributed by atoms with Gasteiger partial charge in [0, 0.05) is 22.5 Å². The van der Waals surface area contributed by atoms with Crippen LogP contribution < -0.4 is 20.3 Å². The van der Waals surface area contributed by atoms with E-state index < -0.39 is 5.91 Å². The Balaban J connectivity index is 1.66. The Morgan fingerprint density at radius 1 is 1.16 bits per heavy atom. The lowest BCUT2D eigenvalue weighted by molar-refractivity contribution is -0.121. The van der Waals surface area contributed by atoms with E-state index in [2.05, 4.69) is 25.9 Å². The number of fused-ring (bicyclic) bond motifs is 1. The van der Waals surface area contributed by atoms with E-state index in [4.69, 9.17) is 9.47 Å². The lowest BCUT2D eigenvalue weighted by atomic mass is 10.1. The highest BCUT2D eigenvalue weighted by atomic mass is 32.2. The Morgan fingerprint density at radius 3 is 2.62 bits per heavy atom. The number of hydrogen-bond acceptors (Lipinski definition) is 8. The largest absolute Gasteiger partial charge is 0.493 e. The summed E-state index contributed by atoms with van der Waals surface area (Å²) in [6.45, 7) is 6.22. The number of methoxy groups -OCH3 is 1. The van der Waals surface area contributed by atoms with Crippen molar-refractivity contribution in [3.05, 3.63) is 40.7 Å². The minimum Gasteiger partial charge on any atom is -0.493 e. The molecular formula is C21H26N6O4S. The van der Waals surface area contributed by atoms with Crippen LogP contribution in [0.25, 0.3) is 5.78 Å². The number of aromatic nitrogens is 4. The molecule has 1 aromatic carbocycles. The van der Waals surface area contributed by atoms with Gasteiger partial charge in [0.1, 0.15) is 0 Å². The van der Waals surface area contributed by atoms with Crippen LogP contribution in [-0.4, -0.2) is 51.4 Å². The molecule has 0 spiro atoms. The molecule has 170 valence electrons. The predicted octanol–water partition coefficient (Wildman–Crippen LogP) is 2.26. The average Bonchev–Trinajstić information content (AvgIpc) is 3.21. The van der Waals surface area contributed by atoms with E-state index in [-0.39, 0.29) is 12.3 Å². The van der Waals surface area contributed by atoms with Crippen LogP contribution in [0.5, 0.6) is 11.5 Å². The van der Waals surface area contributed by atoms with E-state index in [1.165, 1.54) is 18.9 Å². The van der Waals surface area contributed by atoms with Crippen LogP contribution in [0.15, 0.2) is 23.4 Å². The van der Waals surface area contributed by atoms with Crippen molar-refractivity contribution in [3.8, 4) is 11.5 Å². The number of benzene rings is 1. The van der Waals surface area contributed by atoms with Crippen molar-refractivity contribution in [2.75, 3.05) is 20.0 Å². The first kappa shape index (κ1) is 23.3. The molecule has 2 N–H and O–H groups in total. The number of nitrogens with zero attached hydrogens (tertiary/aromatic N) is 4. The molecule has 2 heterocycles. The first-order valence-corrected chi connectivity index (χ1v) is 11.3. The van der Waals surface area contributed by atoms with Crippen molar-refractivity contribution in [2.24, 2.45) is 0 Å². The van der Waals surface area contributed by atoms with Gasteiger partial charge < -0.3 is 9.47 Å². The summed E-state index contributed by atoms with van der Waals surface area (Å²) >= 11 is 1.42. The quantitative estimate of drug-likeness (QED) is 0.390. The fraction of sp³-hybridized carbons (Fsp3) is 0.381. The van der Waals surface area contributed by atoms with Crippen LogP contribution in [0, 0.1) is 13.8 Å². The van der Waals surface area contributed by atoms with Crippen molar-refractivity contribution in [1.29, 1.82) is 0 Å². The van der Waals surface area contributed by atoms with Gasteiger partial charge in [-0.1, -0.05) is 18.7 Å². The molecule has 3 rings (SSSR count). The van der Waals surface area contributed by atoms with E-state index in [9.17, 15) is 9.59 Å². The van der Waals surface area contributed by atoms with E-state index in [1.807, 2.05) is 27.0 Å². The minimum atomic E-state index is -0.471. The number of carbonyl (C=O) groups is 2. The smallest absolute Gasteiger partial charge is 0.269 e. The molecule has 0 saturated heterocycles. The van der Waals surface area contributed by atoms with E-state index in [1.54, 1.807) is 22.7 Å². The van der Waals surface area contributed by atoms with Gasteiger partial charge in [-0.25, -0.2) is 9.50 Å². The van der Waals surface area contributed by atoms with Crippen molar-refractivity contribution in [1.82, 2.24) is 30.4 Å². The molecule has 0 aliphatic heterocycles. The highest BCUT2D eigenvalue weighted by Gasteiger charge is 2.17. The number of hydrogen-bond donors (Lipinski definition) is 2. The molecule has 0 fully saturated rings. The Kier molecular flexibility index (Phi) is 7.52. The molecule has 0 atom stereocenters. The number of rotatable bonds is 8. The van der Waals surface area contributed by atoms with Crippen molar-refractivity contribution in [3.63, 3.8) is 0 Å². The maximum atomic E-state index is 12.5. The minimum absolute atomic E-state index is 0.0302. The maximum Gasteiger partial charge on any atom is 0.269 e. The molecule has 0 aliphatic rings. The summed E-state index contributed by atoms with van der Waals surface area (Å²) in [5.41, 5.74) is 7.38. The second-order valence-electron chi connectivity index (χ2n) is 6.96. The molecule has 11 heteroatoms. The molecular weight excluding hydrogens is 432 g/mol.